The van der Waals surface area contributed by atoms with Gasteiger partial charge in [-0.1, -0.05) is 0 Å². The lowest BCUT2D eigenvalue weighted by molar-refractivity contribution is -0.131. The van der Waals surface area contributed by atoms with E-state index in [9.17, 15) is 4.79 Å². The Hall–Kier alpha value is -2.67. The molecule has 0 unspecified atom stereocenters. The third-order valence-corrected chi connectivity index (χ3v) is 5.56. The Kier molecular flexibility index (Phi) is 5.43. The Morgan fingerprint density at radius 1 is 1.32 bits per heavy atom. The van der Waals surface area contributed by atoms with Crippen molar-refractivity contribution in [3.63, 3.8) is 0 Å². The summed E-state index contributed by atoms with van der Waals surface area (Å²) in [6, 6.07) is 5.53. The van der Waals surface area contributed by atoms with Gasteiger partial charge in [0, 0.05) is 49.3 Å². The fraction of sp³-hybridized carbons (Fsp3) is 0.476. The van der Waals surface area contributed by atoms with Gasteiger partial charge in [-0.15, -0.1) is 0 Å². The zero-order valence-electron chi connectivity index (χ0n) is 16.4. The minimum Gasteiger partial charge on any atom is -0.497 e. The highest BCUT2D eigenvalue weighted by molar-refractivity contribution is 5.80. The van der Waals surface area contributed by atoms with E-state index in [-0.39, 0.29) is 12.3 Å². The average Bonchev–Trinajstić information content (AvgIpc) is 3.27. The molecular weight excluding hydrogens is 356 g/mol. The molecule has 0 bridgehead atoms. The first-order valence-electron chi connectivity index (χ1n) is 9.72. The summed E-state index contributed by atoms with van der Waals surface area (Å²) in [5.74, 6) is 2.83. The molecule has 1 aromatic heterocycles. The first-order valence-corrected chi connectivity index (χ1v) is 9.72. The lowest BCUT2D eigenvalue weighted by atomic mass is 10.0. The van der Waals surface area contributed by atoms with Crippen molar-refractivity contribution in [1.82, 2.24) is 20.2 Å². The highest BCUT2D eigenvalue weighted by Crippen LogP contribution is 2.26. The van der Waals surface area contributed by atoms with Crippen molar-refractivity contribution in [3.8, 4) is 11.5 Å². The van der Waals surface area contributed by atoms with E-state index >= 15 is 0 Å². The summed E-state index contributed by atoms with van der Waals surface area (Å²) >= 11 is 0. The number of fused-ring (bicyclic) bond motifs is 1. The third-order valence-electron chi connectivity index (χ3n) is 5.56. The lowest BCUT2D eigenvalue weighted by Crippen LogP contribution is -2.37. The van der Waals surface area contributed by atoms with Crippen molar-refractivity contribution >= 4 is 5.91 Å². The second kappa shape index (κ2) is 8.14. The van der Waals surface area contributed by atoms with Crippen LogP contribution < -0.4 is 14.8 Å². The van der Waals surface area contributed by atoms with Gasteiger partial charge < -0.3 is 19.7 Å². The van der Waals surface area contributed by atoms with Crippen LogP contribution in [0.15, 0.2) is 24.4 Å². The van der Waals surface area contributed by atoms with E-state index in [4.69, 9.17) is 14.5 Å². The smallest absolute Gasteiger partial charge is 0.227 e. The minimum absolute atomic E-state index is 0.0706. The number of rotatable bonds is 5. The van der Waals surface area contributed by atoms with Crippen LogP contribution in [0.1, 0.15) is 35.0 Å². The Morgan fingerprint density at radius 3 is 2.96 bits per heavy atom. The van der Waals surface area contributed by atoms with Gasteiger partial charge in [-0.25, -0.2) is 9.97 Å². The van der Waals surface area contributed by atoms with Crippen molar-refractivity contribution < 1.29 is 14.3 Å². The van der Waals surface area contributed by atoms with Crippen LogP contribution >= 0.6 is 0 Å². The van der Waals surface area contributed by atoms with Crippen LogP contribution in [0.3, 0.4) is 0 Å². The van der Waals surface area contributed by atoms with Gasteiger partial charge in [0.15, 0.2) is 0 Å². The Morgan fingerprint density at radius 2 is 2.21 bits per heavy atom. The summed E-state index contributed by atoms with van der Waals surface area (Å²) < 4.78 is 10.7. The number of nitrogens with one attached hydrogen (secondary N) is 1. The first-order chi connectivity index (χ1) is 13.7. The van der Waals surface area contributed by atoms with Gasteiger partial charge in [0.2, 0.25) is 5.91 Å². The second-order valence-electron chi connectivity index (χ2n) is 7.31. The van der Waals surface area contributed by atoms with Crippen LogP contribution in [-0.4, -0.2) is 54.6 Å². The molecule has 1 fully saturated rings. The van der Waals surface area contributed by atoms with Gasteiger partial charge in [0.05, 0.1) is 26.3 Å². The summed E-state index contributed by atoms with van der Waals surface area (Å²) in [4.78, 5) is 24.2. The van der Waals surface area contributed by atoms with Gasteiger partial charge in [-0.2, -0.15) is 0 Å². The van der Waals surface area contributed by atoms with Gasteiger partial charge in [0.25, 0.3) is 0 Å². The lowest BCUT2D eigenvalue weighted by Gasteiger charge is -2.29. The van der Waals surface area contributed by atoms with E-state index in [1.165, 1.54) is 0 Å². The van der Waals surface area contributed by atoms with Crippen LogP contribution in [0.4, 0.5) is 0 Å². The number of hydrogen-bond donors (Lipinski definition) is 1. The van der Waals surface area contributed by atoms with Crippen molar-refractivity contribution in [3.05, 3.63) is 47.0 Å². The average molecular weight is 382 g/mol. The number of amides is 1. The van der Waals surface area contributed by atoms with E-state index in [1.807, 2.05) is 29.3 Å². The largest absolute Gasteiger partial charge is 0.497 e. The normalized spacial score (nSPS) is 18.6. The van der Waals surface area contributed by atoms with Crippen molar-refractivity contribution in [2.75, 3.05) is 33.9 Å². The molecule has 2 aliphatic heterocycles. The molecule has 1 atom stereocenters. The van der Waals surface area contributed by atoms with Crippen molar-refractivity contribution in [2.45, 2.75) is 31.7 Å². The molecule has 0 spiro atoms. The molecule has 148 valence electrons. The predicted octanol–water partition coefficient (Wildman–Crippen LogP) is 1.70. The molecule has 0 aliphatic carbocycles. The van der Waals surface area contributed by atoms with Gasteiger partial charge in [-0.05, 0) is 31.2 Å². The van der Waals surface area contributed by atoms with E-state index in [0.717, 1.165) is 54.3 Å². The molecule has 0 saturated carbocycles. The van der Waals surface area contributed by atoms with Crippen LogP contribution in [0.5, 0.6) is 11.5 Å². The van der Waals surface area contributed by atoms with Crippen LogP contribution in [0.2, 0.25) is 0 Å². The van der Waals surface area contributed by atoms with E-state index < -0.39 is 0 Å². The molecule has 1 N–H and O–H groups in total. The van der Waals surface area contributed by atoms with Crippen LogP contribution in [0.25, 0.3) is 0 Å². The van der Waals surface area contributed by atoms with Gasteiger partial charge >= 0.3 is 0 Å². The molecule has 28 heavy (non-hydrogen) atoms. The molecule has 4 rings (SSSR count). The second-order valence-corrected chi connectivity index (χ2v) is 7.31. The SMILES string of the molecule is COc1ccc(OC)c(CC(=O)N2CCc3nc([C@@H]4CCNC4)ncc3C2)c1. The number of benzene rings is 1. The molecule has 2 aromatic rings. The maximum Gasteiger partial charge on any atom is 0.227 e. The Balaban J connectivity index is 1.46. The van der Waals surface area contributed by atoms with E-state index in [0.29, 0.717) is 24.8 Å². The molecule has 3 heterocycles. The zero-order chi connectivity index (χ0) is 19.5. The Labute approximate surface area is 165 Å². The topological polar surface area (TPSA) is 76.6 Å². The summed E-state index contributed by atoms with van der Waals surface area (Å²) in [6.45, 7) is 3.22. The molecule has 1 amide bonds. The molecular formula is C21H26N4O3. The fourth-order valence-electron chi connectivity index (χ4n) is 3.91. The van der Waals surface area contributed by atoms with Gasteiger partial charge in [-0.3, -0.25) is 4.79 Å². The first kappa shape index (κ1) is 18.7. The maximum atomic E-state index is 12.9. The third kappa shape index (κ3) is 3.80. The molecule has 7 nitrogen and oxygen atoms in total. The summed E-state index contributed by atoms with van der Waals surface area (Å²) in [5.41, 5.74) is 2.96. The number of aromatic nitrogens is 2. The number of hydrogen-bond acceptors (Lipinski definition) is 6. The summed E-state index contributed by atoms with van der Waals surface area (Å²) in [7, 11) is 3.23. The minimum atomic E-state index is 0.0706. The molecule has 0 radical (unpaired) electrons. The molecule has 1 saturated heterocycles. The quantitative estimate of drug-likeness (QED) is 0.848. The number of carbonyl (C=O) groups excluding carboxylic acids is 1. The fourth-order valence-corrected chi connectivity index (χ4v) is 3.91. The number of nitrogens with zero attached hydrogens (tertiary/aromatic N) is 3. The Bertz CT molecular complexity index is 865. The molecule has 7 heteroatoms. The van der Waals surface area contributed by atoms with Crippen LogP contribution in [0, 0.1) is 0 Å². The van der Waals surface area contributed by atoms with Gasteiger partial charge in [0.1, 0.15) is 17.3 Å². The van der Waals surface area contributed by atoms with E-state index in [2.05, 4.69) is 10.3 Å². The highest BCUT2D eigenvalue weighted by Gasteiger charge is 2.25. The number of carbonyl (C=O) groups is 1. The van der Waals surface area contributed by atoms with E-state index in [1.54, 1.807) is 14.2 Å². The zero-order valence-corrected chi connectivity index (χ0v) is 16.4. The predicted molar refractivity (Wildman–Crippen MR) is 105 cm³/mol. The van der Waals surface area contributed by atoms with Crippen LogP contribution in [-0.2, 0) is 24.2 Å². The number of methoxy groups -OCH3 is 2. The standard InChI is InChI=1S/C21H26N4O3/c1-27-17-3-4-19(28-2)15(9-17)10-20(26)25-8-6-18-16(13-25)12-23-21(24-18)14-5-7-22-11-14/h3-4,9,12,14,22H,5-8,10-11,13H2,1-2H3/t14-/m1/s1. The summed E-state index contributed by atoms with van der Waals surface area (Å²) in [6.07, 6.45) is 4.04. The maximum absolute atomic E-state index is 12.9. The number of ether oxygens (including phenoxy) is 2. The highest BCUT2D eigenvalue weighted by atomic mass is 16.5. The monoisotopic (exact) mass is 382 g/mol. The van der Waals surface area contributed by atoms with Crippen molar-refractivity contribution in [2.24, 2.45) is 0 Å². The molecule has 1 aromatic carbocycles. The van der Waals surface area contributed by atoms with Crippen molar-refractivity contribution in [1.29, 1.82) is 0 Å². The molecule has 2 aliphatic rings. The summed E-state index contributed by atoms with van der Waals surface area (Å²) in [5, 5.41) is 3.36.